The van der Waals surface area contributed by atoms with Gasteiger partial charge in [-0.1, -0.05) is 23.2 Å². The zero-order valence-electron chi connectivity index (χ0n) is 11.4. The molecule has 1 saturated heterocycles. The fraction of sp³-hybridized carbons (Fsp3) is 0.500. The number of rotatable bonds is 4. The molecule has 6 heteroatoms. The molecule has 1 N–H and O–H groups in total. The van der Waals surface area contributed by atoms with Crippen LogP contribution in [0.3, 0.4) is 0 Å². The zero-order chi connectivity index (χ0) is 14.5. The smallest absolute Gasteiger partial charge is 0.232 e. The van der Waals surface area contributed by atoms with Crippen molar-refractivity contribution in [2.75, 3.05) is 25.9 Å². The van der Waals surface area contributed by atoms with E-state index in [9.17, 15) is 4.79 Å². The number of halogens is 2. The van der Waals surface area contributed by atoms with E-state index >= 15 is 0 Å². The van der Waals surface area contributed by atoms with Crippen LogP contribution in [0.4, 0.5) is 0 Å². The van der Waals surface area contributed by atoms with Gasteiger partial charge in [0.15, 0.2) is 0 Å². The van der Waals surface area contributed by atoms with Crippen molar-refractivity contribution in [1.29, 1.82) is 0 Å². The molecule has 20 heavy (non-hydrogen) atoms. The third-order valence-electron chi connectivity index (χ3n) is 3.49. The van der Waals surface area contributed by atoms with Gasteiger partial charge in [0, 0.05) is 23.0 Å². The summed E-state index contributed by atoms with van der Waals surface area (Å²) in [5, 5.41) is 4.58. The van der Waals surface area contributed by atoms with Gasteiger partial charge in [-0.05, 0) is 44.1 Å². The summed E-state index contributed by atoms with van der Waals surface area (Å²) in [4.78, 5) is 14.9. The van der Waals surface area contributed by atoms with Gasteiger partial charge in [-0.25, -0.2) is 0 Å². The predicted molar refractivity (Wildman–Crippen MR) is 85.8 cm³/mol. The van der Waals surface area contributed by atoms with E-state index in [2.05, 4.69) is 5.32 Å². The minimum atomic E-state index is 0.137. The molecule has 0 spiro atoms. The molecule has 3 nitrogen and oxygen atoms in total. The number of carbonyl (C=O) groups is 1. The summed E-state index contributed by atoms with van der Waals surface area (Å²) in [6.07, 6.45) is 2.04. The second-order valence-electron chi connectivity index (χ2n) is 4.85. The highest BCUT2D eigenvalue weighted by atomic mass is 35.5. The van der Waals surface area contributed by atoms with Crippen molar-refractivity contribution < 1.29 is 4.79 Å². The molecule has 1 heterocycles. The van der Waals surface area contributed by atoms with Crippen molar-refractivity contribution >= 4 is 40.9 Å². The number of hydrogen-bond donors (Lipinski definition) is 1. The van der Waals surface area contributed by atoms with Gasteiger partial charge in [0.25, 0.3) is 0 Å². The van der Waals surface area contributed by atoms with Gasteiger partial charge in [0.05, 0.1) is 10.8 Å². The van der Waals surface area contributed by atoms with Crippen LogP contribution in [0, 0.1) is 0 Å². The molecule has 1 fully saturated rings. The molecule has 1 amide bonds. The van der Waals surface area contributed by atoms with Crippen LogP contribution in [0.25, 0.3) is 0 Å². The number of thioether (sulfide) groups is 1. The maximum atomic E-state index is 12.2. The first-order valence-electron chi connectivity index (χ1n) is 6.62. The lowest BCUT2D eigenvalue weighted by molar-refractivity contribution is -0.129. The minimum absolute atomic E-state index is 0.137. The number of piperidine rings is 1. The second-order valence-corrected chi connectivity index (χ2v) is 6.71. The summed E-state index contributed by atoms with van der Waals surface area (Å²) >= 11 is 13.5. The number of amides is 1. The van der Waals surface area contributed by atoms with Crippen LogP contribution >= 0.6 is 35.0 Å². The summed E-state index contributed by atoms with van der Waals surface area (Å²) in [5.74, 6) is 0.526. The minimum Gasteiger partial charge on any atom is -0.342 e. The highest BCUT2D eigenvalue weighted by molar-refractivity contribution is 8.00. The van der Waals surface area contributed by atoms with Crippen LogP contribution in [0.15, 0.2) is 23.1 Å². The van der Waals surface area contributed by atoms with Gasteiger partial charge in [-0.2, -0.15) is 0 Å². The van der Waals surface area contributed by atoms with Crippen molar-refractivity contribution in [2.45, 2.75) is 23.8 Å². The summed E-state index contributed by atoms with van der Waals surface area (Å²) in [6.45, 7) is 1.96. The zero-order valence-corrected chi connectivity index (χ0v) is 13.7. The fourth-order valence-electron chi connectivity index (χ4n) is 2.23. The Morgan fingerprint density at radius 1 is 1.40 bits per heavy atom. The predicted octanol–water partition coefficient (Wildman–Crippen LogP) is 3.30. The van der Waals surface area contributed by atoms with E-state index < -0.39 is 0 Å². The van der Waals surface area contributed by atoms with Crippen molar-refractivity contribution in [1.82, 2.24) is 10.2 Å². The Morgan fingerprint density at radius 2 is 2.10 bits per heavy atom. The Bertz CT molecular complexity index is 478. The molecular formula is C14H18Cl2N2OS. The standard InChI is InChI=1S/C14H18Cl2N2OS/c1-18(11-4-6-17-7-5-11)14(19)9-20-13-8-10(15)2-3-12(13)16/h2-3,8,11,17H,4-7,9H2,1H3. The average molecular weight is 333 g/mol. The van der Waals surface area contributed by atoms with Crippen LogP contribution in [0.2, 0.25) is 10.0 Å². The van der Waals surface area contributed by atoms with E-state index in [1.165, 1.54) is 11.8 Å². The lowest BCUT2D eigenvalue weighted by Crippen LogP contribution is -2.44. The van der Waals surface area contributed by atoms with Crippen LogP contribution in [0.5, 0.6) is 0 Å². The first-order valence-corrected chi connectivity index (χ1v) is 8.36. The molecule has 0 unspecified atom stereocenters. The summed E-state index contributed by atoms with van der Waals surface area (Å²) < 4.78 is 0. The SMILES string of the molecule is CN(C(=O)CSc1cc(Cl)ccc1Cl)C1CCNCC1. The molecule has 0 radical (unpaired) electrons. The molecule has 110 valence electrons. The topological polar surface area (TPSA) is 32.3 Å². The average Bonchev–Trinajstić information content (AvgIpc) is 2.48. The van der Waals surface area contributed by atoms with Gasteiger partial charge in [0.2, 0.25) is 5.91 Å². The van der Waals surface area contributed by atoms with Crippen molar-refractivity contribution in [3.8, 4) is 0 Å². The molecule has 0 aromatic heterocycles. The summed E-state index contributed by atoms with van der Waals surface area (Å²) in [6, 6.07) is 5.65. The normalized spacial score (nSPS) is 16.1. The Labute approximate surface area is 134 Å². The Kier molecular flexibility index (Phi) is 6.02. The quantitative estimate of drug-likeness (QED) is 0.858. The Balaban J connectivity index is 1.89. The fourth-order valence-corrected chi connectivity index (χ4v) is 3.64. The Morgan fingerprint density at radius 3 is 2.80 bits per heavy atom. The lowest BCUT2D eigenvalue weighted by atomic mass is 10.1. The molecule has 0 aliphatic carbocycles. The molecular weight excluding hydrogens is 315 g/mol. The van der Waals surface area contributed by atoms with E-state index in [4.69, 9.17) is 23.2 Å². The number of benzene rings is 1. The molecule has 1 aromatic carbocycles. The maximum Gasteiger partial charge on any atom is 0.232 e. The van der Waals surface area contributed by atoms with Crippen molar-refractivity contribution in [2.24, 2.45) is 0 Å². The third kappa shape index (κ3) is 4.29. The molecule has 0 atom stereocenters. The van der Waals surface area contributed by atoms with Crippen molar-refractivity contribution in [3.05, 3.63) is 28.2 Å². The molecule has 1 aliphatic rings. The highest BCUT2D eigenvalue weighted by Crippen LogP contribution is 2.30. The molecule has 0 saturated carbocycles. The van der Waals surface area contributed by atoms with E-state index in [1.807, 2.05) is 11.9 Å². The summed E-state index contributed by atoms with van der Waals surface area (Å²) in [5.41, 5.74) is 0. The lowest BCUT2D eigenvalue weighted by Gasteiger charge is -2.31. The first kappa shape index (κ1) is 16.0. The van der Waals surface area contributed by atoms with E-state index in [1.54, 1.807) is 18.2 Å². The second kappa shape index (κ2) is 7.55. The first-order chi connectivity index (χ1) is 9.58. The van der Waals surface area contributed by atoms with Gasteiger partial charge >= 0.3 is 0 Å². The van der Waals surface area contributed by atoms with Crippen LogP contribution in [-0.4, -0.2) is 42.7 Å². The number of nitrogens with zero attached hydrogens (tertiary/aromatic N) is 1. The number of carbonyl (C=O) groups excluding carboxylic acids is 1. The van der Waals surface area contributed by atoms with Crippen LogP contribution < -0.4 is 5.32 Å². The number of hydrogen-bond acceptors (Lipinski definition) is 3. The van der Waals surface area contributed by atoms with Gasteiger partial charge in [0.1, 0.15) is 0 Å². The van der Waals surface area contributed by atoms with Crippen LogP contribution in [-0.2, 0) is 4.79 Å². The third-order valence-corrected chi connectivity index (χ3v) is 5.21. The molecule has 0 bridgehead atoms. The monoisotopic (exact) mass is 332 g/mol. The van der Waals surface area contributed by atoms with E-state index in [-0.39, 0.29) is 5.91 Å². The van der Waals surface area contributed by atoms with Crippen LogP contribution in [0.1, 0.15) is 12.8 Å². The van der Waals surface area contributed by atoms with Gasteiger partial charge in [-0.15, -0.1) is 11.8 Å². The Hall–Kier alpha value is -0.420. The highest BCUT2D eigenvalue weighted by Gasteiger charge is 2.21. The molecule has 1 aromatic rings. The van der Waals surface area contributed by atoms with Crippen molar-refractivity contribution in [3.63, 3.8) is 0 Å². The number of nitrogens with one attached hydrogen (secondary N) is 1. The van der Waals surface area contributed by atoms with E-state index in [0.29, 0.717) is 21.8 Å². The molecule has 1 aliphatic heterocycles. The van der Waals surface area contributed by atoms with E-state index in [0.717, 1.165) is 30.8 Å². The van der Waals surface area contributed by atoms with Gasteiger partial charge < -0.3 is 10.2 Å². The molecule has 2 rings (SSSR count). The largest absolute Gasteiger partial charge is 0.342 e. The summed E-state index contributed by atoms with van der Waals surface area (Å²) in [7, 11) is 1.89. The van der Waals surface area contributed by atoms with Gasteiger partial charge in [-0.3, -0.25) is 4.79 Å². The maximum absolute atomic E-state index is 12.2.